The fourth-order valence-electron chi connectivity index (χ4n) is 0. The van der Waals surface area contributed by atoms with Gasteiger partial charge < -0.3 is 11.4 Å². The molecular formula is H8N2O3Si. The van der Waals surface area contributed by atoms with Crippen LogP contribution in [0.15, 0.2) is 0 Å². The highest BCUT2D eigenvalue weighted by molar-refractivity contribution is 5.75. The van der Waals surface area contributed by atoms with Gasteiger partial charge in [-0.05, 0) is 11.0 Å². The lowest BCUT2D eigenvalue weighted by Crippen LogP contribution is -1.81. The smallest absolute Gasteiger partial charge is 0.291 e. The zero-order valence-corrected chi connectivity index (χ0v) is 2.42. The molecule has 6 heavy (non-hydrogen) atoms. The van der Waals surface area contributed by atoms with Crippen molar-refractivity contribution in [2.45, 2.75) is 0 Å². The summed E-state index contributed by atoms with van der Waals surface area (Å²) in [6.07, 6.45) is 0. The Balaban J connectivity index is -0.0000000450. The van der Waals surface area contributed by atoms with Crippen molar-refractivity contribution in [3.05, 3.63) is 10.1 Å². The Bertz CT molecular complexity index is 31.8. The van der Waals surface area contributed by atoms with Crippen LogP contribution in [0.1, 0.15) is 0 Å². The highest BCUT2D eigenvalue weighted by Gasteiger charge is 1.65. The molecule has 40 valence electrons. The van der Waals surface area contributed by atoms with Gasteiger partial charge in [0.25, 0.3) is 5.09 Å². The van der Waals surface area contributed by atoms with Crippen molar-refractivity contribution in [3.8, 4) is 0 Å². The molecule has 0 aliphatic heterocycles. The third-order valence-electron chi connectivity index (χ3n) is 0. The SMILES string of the molecule is N.O=[N+]([O-])O.[SiH4]. The van der Waals surface area contributed by atoms with Gasteiger partial charge in [0.15, 0.2) is 0 Å². The minimum Gasteiger partial charge on any atom is -0.344 e. The Morgan fingerprint density at radius 3 is 1.67 bits per heavy atom. The highest BCUT2D eigenvalue weighted by Crippen LogP contribution is 1.38. The van der Waals surface area contributed by atoms with Crippen LogP contribution in [0.5, 0.6) is 0 Å². The summed E-state index contributed by atoms with van der Waals surface area (Å²) in [6, 6.07) is 0. The summed E-state index contributed by atoms with van der Waals surface area (Å²) < 4.78 is 0. The van der Waals surface area contributed by atoms with Gasteiger partial charge in [0.2, 0.25) is 0 Å². The minimum absolute atomic E-state index is 0. The van der Waals surface area contributed by atoms with Crippen LogP contribution in [0.25, 0.3) is 0 Å². The van der Waals surface area contributed by atoms with Crippen molar-refractivity contribution < 1.29 is 10.3 Å². The summed E-state index contributed by atoms with van der Waals surface area (Å²) in [5.41, 5.74) is 0. The first kappa shape index (κ1) is 18.2. The standard InChI is InChI=1S/HNO3.H3N.H4Si/c2-1(3)4;;/h(H,2,3,4);1H3;1H4. The van der Waals surface area contributed by atoms with Crippen molar-refractivity contribution in [1.29, 1.82) is 0 Å². The summed E-state index contributed by atoms with van der Waals surface area (Å²) in [4.78, 5) is 8.36. The van der Waals surface area contributed by atoms with E-state index in [1.54, 1.807) is 0 Å². The van der Waals surface area contributed by atoms with Crippen LogP contribution in [-0.4, -0.2) is 21.3 Å². The summed E-state index contributed by atoms with van der Waals surface area (Å²) in [5, 5.41) is 13.6. The zero-order chi connectivity index (χ0) is 3.58. The first-order chi connectivity index (χ1) is 1.73. The molecule has 0 saturated heterocycles. The quantitative estimate of drug-likeness (QED) is 0.223. The molecule has 0 rings (SSSR count). The van der Waals surface area contributed by atoms with E-state index >= 15 is 0 Å². The van der Waals surface area contributed by atoms with Crippen molar-refractivity contribution in [1.82, 2.24) is 6.15 Å². The van der Waals surface area contributed by atoms with Crippen LogP contribution in [-0.2, 0) is 0 Å². The van der Waals surface area contributed by atoms with E-state index in [9.17, 15) is 0 Å². The molecule has 5 nitrogen and oxygen atoms in total. The second-order valence-corrected chi connectivity index (χ2v) is 0.238. The Kier molecular flexibility index (Phi) is 26.8. The highest BCUT2D eigenvalue weighted by atomic mass is 28.1. The van der Waals surface area contributed by atoms with E-state index in [1.807, 2.05) is 0 Å². The molecule has 0 heterocycles. The molecule has 0 amide bonds. The molecule has 0 saturated carbocycles. The second kappa shape index (κ2) is 8.83. The zero-order valence-electron chi connectivity index (χ0n) is 2.42. The number of hydrogen-bond acceptors (Lipinski definition) is 3. The molecule has 0 aromatic carbocycles. The van der Waals surface area contributed by atoms with Gasteiger partial charge in [-0.3, -0.25) is 0 Å². The molecule has 4 N–H and O–H groups in total. The maximum Gasteiger partial charge on any atom is 0.291 e. The van der Waals surface area contributed by atoms with Crippen LogP contribution < -0.4 is 6.15 Å². The van der Waals surface area contributed by atoms with Crippen LogP contribution in [0, 0.1) is 10.1 Å². The molecular weight excluding hydrogens is 104 g/mol. The topological polar surface area (TPSA) is 98.4 Å². The van der Waals surface area contributed by atoms with Crippen LogP contribution >= 0.6 is 0 Å². The first-order valence-corrected chi connectivity index (χ1v) is 0.565. The van der Waals surface area contributed by atoms with Crippen LogP contribution in [0.2, 0.25) is 0 Å². The number of nitrogens with zero attached hydrogens (tertiary/aromatic N) is 1. The molecule has 0 fully saturated rings. The van der Waals surface area contributed by atoms with E-state index in [0.717, 1.165) is 0 Å². The average molecular weight is 112 g/mol. The molecule has 0 aliphatic rings. The summed E-state index contributed by atoms with van der Waals surface area (Å²) in [5.74, 6) is 0. The van der Waals surface area contributed by atoms with E-state index in [0.29, 0.717) is 0 Å². The molecule has 0 spiro atoms. The predicted octanol–water partition coefficient (Wildman–Crippen LogP) is -1.64. The third kappa shape index (κ3) is 49.1. The Hall–Kier alpha value is -0.623. The second-order valence-electron chi connectivity index (χ2n) is 0.238. The van der Waals surface area contributed by atoms with E-state index in [4.69, 9.17) is 15.3 Å². The molecule has 0 aromatic rings. The first-order valence-electron chi connectivity index (χ1n) is 0.565. The van der Waals surface area contributed by atoms with Gasteiger partial charge in [0.1, 0.15) is 0 Å². The van der Waals surface area contributed by atoms with E-state index in [-0.39, 0.29) is 17.1 Å². The fraction of sp³-hybridized carbons (Fsp3) is 0. The lowest BCUT2D eigenvalue weighted by atomic mass is 13.1. The molecule has 6 heteroatoms. The largest absolute Gasteiger partial charge is 0.344 e. The van der Waals surface area contributed by atoms with Gasteiger partial charge in [-0.25, -0.2) is 0 Å². The van der Waals surface area contributed by atoms with Gasteiger partial charge >= 0.3 is 0 Å². The van der Waals surface area contributed by atoms with E-state index < -0.39 is 5.09 Å². The van der Waals surface area contributed by atoms with Crippen molar-refractivity contribution >= 4 is 11.0 Å². The predicted molar refractivity (Wildman–Crippen MR) is 25.1 cm³/mol. The molecule has 0 unspecified atom stereocenters. The summed E-state index contributed by atoms with van der Waals surface area (Å²) >= 11 is 0. The summed E-state index contributed by atoms with van der Waals surface area (Å²) in [6.45, 7) is 0. The Labute approximate surface area is 38.7 Å². The maximum atomic E-state index is 8.36. The van der Waals surface area contributed by atoms with Gasteiger partial charge in [-0.2, -0.15) is 0 Å². The van der Waals surface area contributed by atoms with Gasteiger partial charge in [-0.1, -0.05) is 0 Å². The number of rotatable bonds is 0. The monoisotopic (exact) mass is 112 g/mol. The van der Waals surface area contributed by atoms with Crippen molar-refractivity contribution in [2.24, 2.45) is 0 Å². The molecule has 0 bridgehead atoms. The number of hydrogen-bond donors (Lipinski definition) is 2. The van der Waals surface area contributed by atoms with Crippen LogP contribution in [0.3, 0.4) is 0 Å². The van der Waals surface area contributed by atoms with Gasteiger partial charge in [0, 0.05) is 0 Å². The molecule has 0 radical (unpaired) electrons. The van der Waals surface area contributed by atoms with Crippen molar-refractivity contribution in [3.63, 3.8) is 0 Å². The van der Waals surface area contributed by atoms with Gasteiger partial charge in [0.05, 0.1) is 0 Å². The fourth-order valence-corrected chi connectivity index (χ4v) is 0. The Morgan fingerprint density at radius 2 is 1.67 bits per heavy atom. The molecule has 0 atom stereocenters. The normalized spacial score (nSPS) is 4.00. The third-order valence-corrected chi connectivity index (χ3v) is 0. The van der Waals surface area contributed by atoms with Crippen LogP contribution in [0.4, 0.5) is 0 Å². The minimum atomic E-state index is -1.50. The Morgan fingerprint density at radius 1 is 1.67 bits per heavy atom. The van der Waals surface area contributed by atoms with Crippen molar-refractivity contribution in [2.75, 3.05) is 0 Å². The maximum absolute atomic E-state index is 8.36. The lowest BCUT2D eigenvalue weighted by molar-refractivity contribution is -0.742. The average Bonchev–Trinajstić information content (AvgIpc) is 0.811. The van der Waals surface area contributed by atoms with E-state index in [2.05, 4.69) is 0 Å². The lowest BCUT2D eigenvalue weighted by Gasteiger charge is -1.56. The van der Waals surface area contributed by atoms with E-state index in [1.165, 1.54) is 0 Å². The van der Waals surface area contributed by atoms with Gasteiger partial charge in [-0.15, -0.1) is 10.1 Å². The molecule has 0 aromatic heterocycles. The molecule has 0 aliphatic carbocycles. The summed E-state index contributed by atoms with van der Waals surface area (Å²) in [7, 11) is 0.